The summed E-state index contributed by atoms with van der Waals surface area (Å²) in [6, 6.07) is 8.90. The molecule has 1 aliphatic rings. The molecule has 1 aromatic heterocycles. The fourth-order valence-corrected chi connectivity index (χ4v) is 4.41. The van der Waals surface area contributed by atoms with Crippen molar-refractivity contribution in [3.05, 3.63) is 47.9 Å². The summed E-state index contributed by atoms with van der Waals surface area (Å²) in [5, 5.41) is -0.185. The number of likely N-dealkylation sites (N-methyl/N-ethyl adjacent to an activating group) is 1. The highest BCUT2D eigenvalue weighted by atomic mass is 32.2. The van der Waals surface area contributed by atoms with Crippen molar-refractivity contribution in [3.63, 3.8) is 0 Å². The van der Waals surface area contributed by atoms with Gasteiger partial charge in [0.25, 0.3) is 5.91 Å². The summed E-state index contributed by atoms with van der Waals surface area (Å²) in [4.78, 5) is 28.5. The molecule has 1 unspecified atom stereocenters. The zero-order chi connectivity index (χ0) is 20.1. The van der Waals surface area contributed by atoms with Crippen LogP contribution in [0.4, 0.5) is 0 Å². The molecule has 3 rings (SSSR count). The molecule has 0 aliphatic carbocycles. The number of hydrogen-bond acceptors (Lipinski definition) is 6. The van der Waals surface area contributed by atoms with E-state index < -0.39 is 0 Å². The van der Waals surface area contributed by atoms with E-state index in [9.17, 15) is 9.59 Å². The maximum absolute atomic E-state index is 12.5. The average molecular weight is 404 g/mol. The van der Waals surface area contributed by atoms with E-state index in [2.05, 4.69) is 0 Å². The van der Waals surface area contributed by atoms with Crippen molar-refractivity contribution >= 4 is 23.6 Å². The highest BCUT2D eigenvalue weighted by molar-refractivity contribution is 8.00. The van der Waals surface area contributed by atoms with Crippen molar-refractivity contribution in [2.75, 3.05) is 39.6 Å². The Bertz CT molecular complexity index is 824. The number of amides is 2. The summed E-state index contributed by atoms with van der Waals surface area (Å²) in [5.41, 5.74) is 0.887. The van der Waals surface area contributed by atoms with E-state index in [1.54, 1.807) is 47.9 Å². The van der Waals surface area contributed by atoms with Crippen LogP contribution in [0, 0.1) is 0 Å². The average Bonchev–Trinajstić information content (AvgIpc) is 3.38. The second-order valence-electron chi connectivity index (χ2n) is 6.22. The Kier molecular flexibility index (Phi) is 6.51. The zero-order valence-electron chi connectivity index (χ0n) is 16.2. The van der Waals surface area contributed by atoms with Crippen molar-refractivity contribution in [2.45, 2.75) is 12.3 Å². The minimum absolute atomic E-state index is 0.0429. The molecule has 1 fully saturated rings. The maximum atomic E-state index is 12.5. The van der Waals surface area contributed by atoms with E-state index in [0.717, 1.165) is 5.56 Å². The van der Waals surface area contributed by atoms with Crippen molar-refractivity contribution < 1.29 is 23.5 Å². The fraction of sp³-hybridized carbons (Fsp3) is 0.400. The fourth-order valence-electron chi connectivity index (χ4n) is 3.17. The third-order valence-corrected chi connectivity index (χ3v) is 5.92. The molecule has 0 N–H and O–H groups in total. The monoisotopic (exact) mass is 404 g/mol. The number of ether oxygens (including phenoxy) is 2. The van der Waals surface area contributed by atoms with Crippen LogP contribution in [0.5, 0.6) is 11.5 Å². The zero-order valence-corrected chi connectivity index (χ0v) is 17.0. The van der Waals surface area contributed by atoms with Crippen LogP contribution in [0.3, 0.4) is 0 Å². The van der Waals surface area contributed by atoms with Crippen LogP contribution in [0.25, 0.3) is 0 Å². The van der Waals surface area contributed by atoms with Gasteiger partial charge in [0.1, 0.15) is 16.9 Å². The number of carbonyl (C=O) groups is 2. The largest absolute Gasteiger partial charge is 0.497 e. The Morgan fingerprint density at radius 3 is 2.79 bits per heavy atom. The molecular formula is C20H24N2O5S. The minimum atomic E-state index is -0.185. The SMILES string of the molecule is CCN(CCN1C(=O)CSC1c1cc(OC)ccc1OC)C(=O)c1ccco1. The Morgan fingerprint density at radius 2 is 2.14 bits per heavy atom. The van der Waals surface area contributed by atoms with Crippen LogP contribution < -0.4 is 9.47 Å². The second-order valence-corrected chi connectivity index (χ2v) is 7.29. The summed E-state index contributed by atoms with van der Waals surface area (Å²) >= 11 is 1.54. The Morgan fingerprint density at radius 1 is 1.32 bits per heavy atom. The maximum Gasteiger partial charge on any atom is 0.289 e. The third kappa shape index (κ3) is 4.11. The predicted octanol–water partition coefficient (Wildman–Crippen LogP) is 3.03. The van der Waals surface area contributed by atoms with Crippen LogP contribution in [0.15, 0.2) is 41.0 Å². The molecular weight excluding hydrogens is 380 g/mol. The van der Waals surface area contributed by atoms with E-state index in [4.69, 9.17) is 13.9 Å². The minimum Gasteiger partial charge on any atom is -0.497 e. The second kappa shape index (κ2) is 9.05. The molecule has 1 atom stereocenters. The lowest BCUT2D eigenvalue weighted by molar-refractivity contribution is -0.128. The Labute approximate surface area is 168 Å². The molecule has 1 aromatic carbocycles. The van der Waals surface area contributed by atoms with Crippen molar-refractivity contribution in [1.29, 1.82) is 0 Å². The normalized spacial score (nSPS) is 16.3. The van der Waals surface area contributed by atoms with E-state index >= 15 is 0 Å². The number of methoxy groups -OCH3 is 2. The molecule has 0 spiro atoms. The molecule has 150 valence electrons. The summed E-state index contributed by atoms with van der Waals surface area (Å²) in [6.07, 6.45) is 1.48. The topological polar surface area (TPSA) is 72.2 Å². The van der Waals surface area contributed by atoms with Gasteiger partial charge in [-0.05, 0) is 37.3 Å². The molecule has 0 saturated carbocycles. The summed E-state index contributed by atoms with van der Waals surface area (Å²) < 4.78 is 16.0. The van der Waals surface area contributed by atoms with Gasteiger partial charge in [-0.1, -0.05) is 0 Å². The van der Waals surface area contributed by atoms with Crippen molar-refractivity contribution in [3.8, 4) is 11.5 Å². The molecule has 1 aliphatic heterocycles. The third-order valence-electron chi connectivity index (χ3n) is 4.68. The van der Waals surface area contributed by atoms with Gasteiger partial charge >= 0.3 is 0 Å². The summed E-state index contributed by atoms with van der Waals surface area (Å²) in [5.74, 6) is 1.97. The Balaban J connectivity index is 1.77. The van der Waals surface area contributed by atoms with Crippen LogP contribution in [-0.2, 0) is 4.79 Å². The van der Waals surface area contributed by atoms with E-state index in [0.29, 0.717) is 42.6 Å². The molecule has 28 heavy (non-hydrogen) atoms. The first kappa shape index (κ1) is 20.1. The first-order valence-corrected chi connectivity index (χ1v) is 10.1. The standard InChI is InChI=1S/C20H24N2O5S/c1-4-21(19(24)17-6-5-11-27-17)9-10-22-18(23)13-28-20(22)15-12-14(25-2)7-8-16(15)26-3/h5-8,11-12,20H,4,9-10,13H2,1-3H3. The highest BCUT2D eigenvalue weighted by Crippen LogP contribution is 2.43. The lowest BCUT2D eigenvalue weighted by atomic mass is 10.1. The van der Waals surface area contributed by atoms with Gasteiger partial charge in [0.15, 0.2) is 5.76 Å². The smallest absolute Gasteiger partial charge is 0.289 e. The van der Waals surface area contributed by atoms with Gasteiger partial charge in [0, 0.05) is 25.2 Å². The van der Waals surface area contributed by atoms with Gasteiger partial charge < -0.3 is 23.7 Å². The van der Waals surface area contributed by atoms with Crippen molar-refractivity contribution in [2.24, 2.45) is 0 Å². The summed E-state index contributed by atoms with van der Waals surface area (Å²) in [7, 11) is 3.22. The molecule has 0 radical (unpaired) electrons. The van der Waals surface area contributed by atoms with Gasteiger partial charge in [-0.2, -0.15) is 0 Å². The predicted molar refractivity (Wildman–Crippen MR) is 107 cm³/mol. The lowest BCUT2D eigenvalue weighted by Crippen LogP contribution is -2.40. The lowest BCUT2D eigenvalue weighted by Gasteiger charge is -2.28. The van der Waals surface area contributed by atoms with Crippen LogP contribution >= 0.6 is 11.8 Å². The van der Waals surface area contributed by atoms with Gasteiger partial charge in [-0.15, -0.1) is 11.8 Å². The summed E-state index contributed by atoms with van der Waals surface area (Å²) in [6.45, 7) is 3.29. The number of thioether (sulfide) groups is 1. The Hall–Kier alpha value is -2.61. The van der Waals surface area contributed by atoms with E-state index in [1.165, 1.54) is 6.26 Å². The molecule has 0 bridgehead atoms. The number of hydrogen-bond donors (Lipinski definition) is 0. The first-order valence-electron chi connectivity index (χ1n) is 9.04. The number of furan rings is 1. The van der Waals surface area contributed by atoms with E-state index in [1.807, 2.05) is 25.1 Å². The van der Waals surface area contributed by atoms with Gasteiger partial charge in [0.2, 0.25) is 5.91 Å². The number of benzene rings is 1. The van der Waals surface area contributed by atoms with Gasteiger partial charge in [-0.25, -0.2) is 0 Å². The van der Waals surface area contributed by atoms with Gasteiger partial charge in [-0.3, -0.25) is 9.59 Å². The first-order chi connectivity index (χ1) is 13.6. The number of nitrogens with zero attached hydrogens (tertiary/aromatic N) is 2. The van der Waals surface area contributed by atoms with Crippen LogP contribution in [0.2, 0.25) is 0 Å². The molecule has 2 heterocycles. The molecule has 2 aromatic rings. The highest BCUT2D eigenvalue weighted by Gasteiger charge is 2.35. The quantitative estimate of drug-likeness (QED) is 0.673. The molecule has 2 amide bonds. The van der Waals surface area contributed by atoms with Gasteiger partial charge in [0.05, 0.1) is 26.2 Å². The van der Waals surface area contributed by atoms with E-state index in [-0.39, 0.29) is 17.2 Å². The molecule has 1 saturated heterocycles. The van der Waals surface area contributed by atoms with Crippen LogP contribution in [0.1, 0.15) is 28.4 Å². The number of rotatable bonds is 8. The van der Waals surface area contributed by atoms with Crippen molar-refractivity contribution in [1.82, 2.24) is 9.80 Å². The number of carbonyl (C=O) groups excluding carboxylic acids is 2. The molecule has 7 nitrogen and oxygen atoms in total. The molecule has 8 heteroatoms. The van der Waals surface area contributed by atoms with Crippen LogP contribution in [-0.4, -0.2) is 61.2 Å².